The maximum Gasteiger partial charge on any atom is 0.425 e. The van der Waals surface area contributed by atoms with E-state index in [1.54, 1.807) is 0 Å². The standard InChI is InChI=1S/C12H12ClF4N3O/c1-11(6-2-5(18)3-7(14)9(6)13)4-8(12(15,16)17)21-10(19)20-11/h2-3,8H,4,18H2,1H3,(H2,19,20)/t8-,11-/m0/s1. The van der Waals surface area contributed by atoms with Crippen LogP contribution in [0.1, 0.15) is 18.9 Å². The van der Waals surface area contributed by atoms with Crippen molar-refractivity contribution in [3.05, 3.63) is 28.5 Å². The van der Waals surface area contributed by atoms with E-state index in [1.807, 2.05) is 0 Å². The fourth-order valence-electron chi connectivity index (χ4n) is 2.22. The number of hydrogen-bond donors (Lipinski definition) is 2. The van der Waals surface area contributed by atoms with Crippen molar-refractivity contribution in [2.24, 2.45) is 10.7 Å². The van der Waals surface area contributed by atoms with Crippen molar-refractivity contribution < 1.29 is 22.3 Å². The highest BCUT2D eigenvalue weighted by Crippen LogP contribution is 2.43. The van der Waals surface area contributed by atoms with Crippen LogP contribution in [0.4, 0.5) is 23.2 Å². The fraction of sp³-hybridized carbons (Fsp3) is 0.417. The first kappa shape index (κ1) is 15.7. The lowest BCUT2D eigenvalue weighted by molar-refractivity contribution is -0.208. The van der Waals surface area contributed by atoms with E-state index in [-0.39, 0.29) is 16.3 Å². The van der Waals surface area contributed by atoms with Crippen molar-refractivity contribution in [1.82, 2.24) is 0 Å². The molecule has 0 spiro atoms. The highest BCUT2D eigenvalue weighted by atomic mass is 35.5. The van der Waals surface area contributed by atoms with Crippen LogP contribution in [0.2, 0.25) is 5.02 Å². The molecule has 0 fully saturated rings. The minimum atomic E-state index is -4.63. The molecule has 1 aromatic rings. The number of alkyl halides is 3. The molecule has 0 amide bonds. The molecule has 2 atom stereocenters. The molecule has 0 bridgehead atoms. The quantitative estimate of drug-likeness (QED) is 0.616. The predicted octanol–water partition coefficient (Wildman–Crippen LogP) is 2.94. The number of halogens is 5. The SMILES string of the molecule is C[C@@]1(c2cc(N)cc(F)c2Cl)C[C@@H](C(F)(F)F)OC(N)=N1. The summed E-state index contributed by atoms with van der Waals surface area (Å²) in [7, 11) is 0. The molecule has 4 N–H and O–H groups in total. The summed E-state index contributed by atoms with van der Waals surface area (Å²) in [5.41, 5.74) is 9.40. The van der Waals surface area contributed by atoms with Crippen LogP contribution < -0.4 is 11.5 Å². The van der Waals surface area contributed by atoms with E-state index in [0.29, 0.717) is 0 Å². The smallest absolute Gasteiger partial charge is 0.425 e. The van der Waals surface area contributed by atoms with Crippen molar-refractivity contribution in [3.63, 3.8) is 0 Å². The predicted molar refractivity (Wildman–Crippen MR) is 70.3 cm³/mol. The van der Waals surface area contributed by atoms with E-state index in [0.717, 1.165) is 6.07 Å². The van der Waals surface area contributed by atoms with Crippen LogP contribution in [0.5, 0.6) is 0 Å². The molecule has 4 nitrogen and oxygen atoms in total. The van der Waals surface area contributed by atoms with Gasteiger partial charge >= 0.3 is 6.18 Å². The minimum absolute atomic E-state index is 0.0250. The Morgan fingerprint density at radius 3 is 2.57 bits per heavy atom. The monoisotopic (exact) mass is 325 g/mol. The third-order valence-electron chi connectivity index (χ3n) is 3.20. The Morgan fingerprint density at radius 1 is 1.38 bits per heavy atom. The Labute approximate surface area is 122 Å². The minimum Gasteiger partial charge on any atom is -0.452 e. The van der Waals surface area contributed by atoms with Crippen LogP contribution in [-0.2, 0) is 10.3 Å². The molecular formula is C12H12ClF4N3O. The molecule has 0 saturated heterocycles. The molecular weight excluding hydrogens is 314 g/mol. The number of nitrogens with two attached hydrogens (primary N) is 2. The molecule has 2 rings (SSSR count). The number of benzene rings is 1. The molecule has 1 aliphatic rings. The van der Waals surface area contributed by atoms with Gasteiger partial charge in [-0.25, -0.2) is 9.38 Å². The van der Waals surface area contributed by atoms with E-state index in [1.165, 1.54) is 13.0 Å². The van der Waals surface area contributed by atoms with Gasteiger partial charge in [0, 0.05) is 17.7 Å². The van der Waals surface area contributed by atoms with E-state index in [2.05, 4.69) is 9.73 Å². The molecule has 0 radical (unpaired) electrons. The highest BCUT2D eigenvalue weighted by Gasteiger charge is 2.50. The topological polar surface area (TPSA) is 73.6 Å². The van der Waals surface area contributed by atoms with Crippen LogP contribution >= 0.6 is 11.6 Å². The molecule has 9 heteroatoms. The highest BCUT2D eigenvalue weighted by molar-refractivity contribution is 6.31. The first-order valence-corrected chi connectivity index (χ1v) is 6.24. The normalized spacial score (nSPS) is 26.2. The second-order valence-corrected chi connectivity index (χ2v) is 5.32. The number of anilines is 1. The van der Waals surface area contributed by atoms with Gasteiger partial charge in [-0.15, -0.1) is 0 Å². The molecule has 116 valence electrons. The summed E-state index contributed by atoms with van der Waals surface area (Å²) in [6.45, 7) is 1.36. The Morgan fingerprint density at radius 2 is 2.00 bits per heavy atom. The van der Waals surface area contributed by atoms with E-state index >= 15 is 0 Å². The zero-order chi connectivity index (χ0) is 16.0. The number of rotatable bonds is 1. The first-order valence-electron chi connectivity index (χ1n) is 5.86. The molecule has 0 saturated carbocycles. The lowest BCUT2D eigenvalue weighted by Gasteiger charge is -2.36. The summed E-state index contributed by atoms with van der Waals surface area (Å²) in [5, 5.41) is -0.342. The summed E-state index contributed by atoms with van der Waals surface area (Å²) in [5.74, 6) is -0.836. The van der Waals surface area contributed by atoms with Gasteiger partial charge in [-0.2, -0.15) is 13.2 Å². The molecule has 1 heterocycles. The number of nitrogen functional groups attached to an aromatic ring is 1. The summed E-state index contributed by atoms with van der Waals surface area (Å²) >= 11 is 5.84. The Hall–Kier alpha value is -1.70. The number of ether oxygens (including phenoxy) is 1. The summed E-state index contributed by atoms with van der Waals surface area (Å²) in [4.78, 5) is 3.86. The lowest BCUT2D eigenvalue weighted by atomic mass is 9.85. The average Bonchev–Trinajstić information content (AvgIpc) is 2.31. The molecule has 21 heavy (non-hydrogen) atoms. The van der Waals surface area contributed by atoms with Crippen molar-refractivity contribution in [2.45, 2.75) is 31.2 Å². The zero-order valence-electron chi connectivity index (χ0n) is 10.8. The summed E-state index contributed by atoms with van der Waals surface area (Å²) < 4.78 is 56.7. The molecule has 1 aromatic carbocycles. The first-order chi connectivity index (χ1) is 9.53. The van der Waals surface area contributed by atoms with Crippen LogP contribution in [0.3, 0.4) is 0 Å². The second kappa shape index (κ2) is 4.94. The van der Waals surface area contributed by atoms with Gasteiger partial charge in [-0.1, -0.05) is 11.6 Å². The number of hydrogen-bond acceptors (Lipinski definition) is 4. The number of nitrogens with zero attached hydrogens (tertiary/aromatic N) is 1. The van der Waals surface area contributed by atoms with Gasteiger partial charge in [0.05, 0.1) is 10.6 Å². The van der Waals surface area contributed by atoms with Gasteiger partial charge < -0.3 is 16.2 Å². The second-order valence-electron chi connectivity index (χ2n) is 4.94. The Balaban J connectivity index is 2.53. The molecule has 0 unspecified atom stereocenters. The van der Waals surface area contributed by atoms with Crippen LogP contribution in [0, 0.1) is 5.82 Å². The van der Waals surface area contributed by atoms with Gasteiger partial charge in [0.25, 0.3) is 6.02 Å². The van der Waals surface area contributed by atoms with Crippen molar-refractivity contribution >= 4 is 23.3 Å². The fourth-order valence-corrected chi connectivity index (χ4v) is 2.53. The van der Waals surface area contributed by atoms with Gasteiger partial charge in [0.2, 0.25) is 0 Å². The molecule has 0 aliphatic carbocycles. The number of amidine groups is 1. The Bertz CT molecular complexity index is 605. The lowest BCUT2D eigenvalue weighted by Crippen LogP contribution is -2.46. The van der Waals surface area contributed by atoms with Crippen LogP contribution in [0.15, 0.2) is 17.1 Å². The van der Waals surface area contributed by atoms with Crippen LogP contribution in [-0.4, -0.2) is 18.3 Å². The maximum absolute atomic E-state index is 13.6. The zero-order valence-corrected chi connectivity index (χ0v) is 11.6. The van der Waals surface area contributed by atoms with Crippen LogP contribution in [0.25, 0.3) is 0 Å². The van der Waals surface area contributed by atoms with E-state index in [4.69, 9.17) is 23.1 Å². The van der Waals surface area contributed by atoms with Crippen molar-refractivity contribution in [1.29, 1.82) is 0 Å². The summed E-state index contributed by atoms with van der Waals surface area (Å²) in [6.07, 6.45) is -7.37. The molecule has 0 aromatic heterocycles. The number of aliphatic imine (C=N–C) groups is 1. The van der Waals surface area contributed by atoms with Gasteiger partial charge in [-0.05, 0) is 19.1 Å². The van der Waals surface area contributed by atoms with Gasteiger partial charge in [0.15, 0.2) is 6.10 Å². The summed E-state index contributed by atoms with van der Waals surface area (Å²) in [6, 6.07) is 1.62. The van der Waals surface area contributed by atoms with Gasteiger partial charge in [0.1, 0.15) is 5.82 Å². The Kier molecular flexibility index (Phi) is 3.69. The maximum atomic E-state index is 13.6. The van der Waals surface area contributed by atoms with E-state index < -0.39 is 36.1 Å². The van der Waals surface area contributed by atoms with E-state index in [9.17, 15) is 17.6 Å². The van der Waals surface area contributed by atoms with Crippen molar-refractivity contribution in [2.75, 3.05) is 5.73 Å². The van der Waals surface area contributed by atoms with Gasteiger partial charge in [-0.3, -0.25) is 0 Å². The third kappa shape index (κ3) is 2.99. The third-order valence-corrected chi connectivity index (χ3v) is 3.58. The average molecular weight is 326 g/mol. The largest absolute Gasteiger partial charge is 0.452 e. The van der Waals surface area contributed by atoms with Crippen molar-refractivity contribution in [3.8, 4) is 0 Å². The molecule has 1 aliphatic heterocycles.